The summed E-state index contributed by atoms with van der Waals surface area (Å²) in [5.74, 6) is 1.09. The number of rotatable bonds is 3. The van der Waals surface area contributed by atoms with Gasteiger partial charge in [0.2, 0.25) is 0 Å². The zero-order chi connectivity index (χ0) is 17.1. The van der Waals surface area contributed by atoms with Gasteiger partial charge in [-0.2, -0.15) is 0 Å². The molecule has 1 N–H and O–H groups in total. The van der Waals surface area contributed by atoms with Crippen LogP contribution in [0.25, 0.3) is 0 Å². The standard InChI is InChI=1S/C17H20ClN5O/c1-12-19-15(17(24)23-8-6-22(2)7-9-23)11-16(20-12)21-14-5-3-4-13(18)10-14/h3-5,10-11H,6-9H2,1-2H3,(H,19,20,21). The predicted octanol–water partition coefficient (Wildman–Crippen LogP) is 2.57. The lowest BCUT2D eigenvalue weighted by molar-refractivity contribution is 0.0658. The summed E-state index contributed by atoms with van der Waals surface area (Å²) >= 11 is 6.00. The lowest BCUT2D eigenvalue weighted by atomic mass is 10.2. The van der Waals surface area contributed by atoms with Crippen LogP contribution in [0.15, 0.2) is 30.3 Å². The number of amides is 1. The van der Waals surface area contributed by atoms with E-state index < -0.39 is 0 Å². The van der Waals surface area contributed by atoms with Crippen LogP contribution < -0.4 is 5.32 Å². The SMILES string of the molecule is Cc1nc(Nc2cccc(Cl)c2)cc(C(=O)N2CCN(C)CC2)n1. The molecule has 6 nitrogen and oxygen atoms in total. The number of halogens is 1. The quantitative estimate of drug-likeness (QED) is 0.926. The molecule has 0 saturated carbocycles. The highest BCUT2D eigenvalue weighted by Crippen LogP contribution is 2.20. The van der Waals surface area contributed by atoms with E-state index in [2.05, 4.69) is 27.2 Å². The number of aromatic nitrogens is 2. The third kappa shape index (κ3) is 4.01. The second-order valence-corrected chi connectivity index (χ2v) is 6.35. The van der Waals surface area contributed by atoms with Crippen LogP contribution in [0.3, 0.4) is 0 Å². The van der Waals surface area contributed by atoms with E-state index >= 15 is 0 Å². The van der Waals surface area contributed by atoms with Crippen LogP contribution in [0.4, 0.5) is 11.5 Å². The van der Waals surface area contributed by atoms with Crippen molar-refractivity contribution >= 4 is 29.0 Å². The molecule has 126 valence electrons. The summed E-state index contributed by atoms with van der Waals surface area (Å²) in [4.78, 5) is 25.4. The summed E-state index contributed by atoms with van der Waals surface area (Å²) in [6.45, 7) is 4.97. The lowest BCUT2D eigenvalue weighted by Gasteiger charge is -2.32. The third-order valence-electron chi connectivity index (χ3n) is 3.94. The van der Waals surface area contributed by atoms with Crippen LogP contribution in [-0.2, 0) is 0 Å². The van der Waals surface area contributed by atoms with Crippen molar-refractivity contribution in [3.05, 3.63) is 46.9 Å². The van der Waals surface area contributed by atoms with Gasteiger partial charge in [0.15, 0.2) is 0 Å². The minimum atomic E-state index is -0.0530. The molecule has 1 aliphatic rings. The van der Waals surface area contributed by atoms with Crippen LogP contribution in [0.1, 0.15) is 16.3 Å². The van der Waals surface area contributed by atoms with Crippen molar-refractivity contribution in [3.8, 4) is 0 Å². The molecule has 1 amide bonds. The minimum Gasteiger partial charge on any atom is -0.340 e. The molecular weight excluding hydrogens is 326 g/mol. The Labute approximate surface area is 146 Å². The fourth-order valence-electron chi connectivity index (χ4n) is 2.63. The first-order valence-electron chi connectivity index (χ1n) is 7.87. The molecule has 7 heteroatoms. The monoisotopic (exact) mass is 345 g/mol. The molecule has 1 aromatic heterocycles. The predicted molar refractivity (Wildman–Crippen MR) is 94.9 cm³/mol. The highest BCUT2D eigenvalue weighted by Gasteiger charge is 2.22. The second-order valence-electron chi connectivity index (χ2n) is 5.92. The van der Waals surface area contributed by atoms with Crippen molar-refractivity contribution in [2.45, 2.75) is 6.92 Å². The highest BCUT2D eigenvalue weighted by atomic mass is 35.5. The molecule has 0 bridgehead atoms. The number of hydrogen-bond donors (Lipinski definition) is 1. The van der Waals surface area contributed by atoms with Gasteiger partial charge in [0.1, 0.15) is 17.3 Å². The average molecular weight is 346 g/mol. The van der Waals surface area contributed by atoms with Crippen molar-refractivity contribution in [1.82, 2.24) is 19.8 Å². The minimum absolute atomic E-state index is 0.0530. The first kappa shape index (κ1) is 16.7. The van der Waals surface area contributed by atoms with Crippen molar-refractivity contribution in [2.24, 2.45) is 0 Å². The third-order valence-corrected chi connectivity index (χ3v) is 4.18. The number of nitrogens with one attached hydrogen (secondary N) is 1. The fourth-order valence-corrected chi connectivity index (χ4v) is 2.82. The Morgan fingerprint density at radius 2 is 1.92 bits per heavy atom. The Kier molecular flexibility index (Phi) is 4.97. The smallest absolute Gasteiger partial charge is 0.272 e. The first-order chi connectivity index (χ1) is 11.5. The van der Waals surface area contributed by atoms with Crippen LogP contribution >= 0.6 is 11.6 Å². The summed E-state index contributed by atoms with van der Waals surface area (Å²) in [6.07, 6.45) is 0. The average Bonchev–Trinajstić information content (AvgIpc) is 2.54. The lowest BCUT2D eigenvalue weighted by Crippen LogP contribution is -2.47. The largest absolute Gasteiger partial charge is 0.340 e. The Balaban J connectivity index is 1.79. The summed E-state index contributed by atoms with van der Waals surface area (Å²) in [7, 11) is 2.06. The molecule has 0 radical (unpaired) electrons. The van der Waals surface area contributed by atoms with Gasteiger partial charge in [0.05, 0.1) is 0 Å². The van der Waals surface area contributed by atoms with E-state index in [0.29, 0.717) is 22.4 Å². The van der Waals surface area contributed by atoms with Gasteiger partial charge in [-0.1, -0.05) is 17.7 Å². The first-order valence-corrected chi connectivity index (χ1v) is 8.25. The van der Waals surface area contributed by atoms with Gasteiger partial charge < -0.3 is 15.1 Å². The van der Waals surface area contributed by atoms with E-state index in [0.717, 1.165) is 31.9 Å². The van der Waals surface area contributed by atoms with Crippen LogP contribution in [-0.4, -0.2) is 58.9 Å². The van der Waals surface area contributed by atoms with Crippen molar-refractivity contribution in [3.63, 3.8) is 0 Å². The van der Waals surface area contributed by atoms with E-state index in [1.54, 1.807) is 25.1 Å². The molecule has 0 aliphatic carbocycles. The summed E-state index contributed by atoms with van der Waals surface area (Å²) in [6, 6.07) is 9.05. The van der Waals surface area contributed by atoms with Gasteiger partial charge in [-0.05, 0) is 32.2 Å². The number of anilines is 2. The van der Waals surface area contributed by atoms with Gasteiger partial charge in [0.25, 0.3) is 5.91 Å². The molecule has 2 aromatic rings. The van der Waals surface area contributed by atoms with Crippen molar-refractivity contribution in [2.75, 3.05) is 38.5 Å². The number of likely N-dealkylation sites (N-methyl/N-ethyl adjacent to an activating group) is 1. The molecule has 1 fully saturated rings. The van der Waals surface area contributed by atoms with Gasteiger partial charge >= 0.3 is 0 Å². The molecular formula is C17H20ClN5O. The zero-order valence-electron chi connectivity index (χ0n) is 13.8. The van der Waals surface area contributed by atoms with Crippen LogP contribution in [0.5, 0.6) is 0 Å². The number of carbonyl (C=O) groups is 1. The number of piperazine rings is 1. The maximum absolute atomic E-state index is 12.7. The Morgan fingerprint density at radius 1 is 1.17 bits per heavy atom. The normalized spacial score (nSPS) is 15.4. The number of hydrogen-bond acceptors (Lipinski definition) is 5. The number of benzene rings is 1. The van der Waals surface area contributed by atoms with Crippen LogP contribution in [0.2, 0.25) is 5.02 Å². The zero-order valence-corrected chi connectivity index (χ0v) is 14.5. The summed E-state index contributed by atoms with van der Waals surface area (Å²) in [5.41, 5.74) is 1.23. The molecule has 0 unspecified atom stereocenters. The molecule has 0 atom stereocenters. The van der Waals surface area contributed by atoms with E-state index in [1.807, 2.05) is 17.0 Å². The highest BCUT2D eigenvalue weighted by molar-refractivity contribution is 6.30. The summed E-state index contributed by atoms with van der Waals surface area (Å²) < 4.78 is 0. The maximum atomic E-state index is 12.7. The number of aryl methyl sites for hydroxylation is 1. The topological polar surface area (TPSA) is 61.4 Å². The summed E-state index contributed by atoms with van der Waals surface area (Å²) in [5, 5.41) is 3.81. The van der Waals surface area contributed by atoms with Gasteiger partial charge in [-0.25, -0.2) is 9.97 Å². The molecule has 3 rings (SSSR count). The fraction of sp³-hybridized carbons (Fsp3) is 0.353. The van der Waals surface area contributed by atoms with E-state index in [-0.39, 0.29) is 5.91 Å². The molecule has 0 spiro atoms. The van der Waals surface area contributed by atoms with Crippen LogP contribution in [0, 0.1) is 6.92 Å². The Morgan fingerprint density at radius 3 is 2.62 bits per heavy atom. The molecule has 2 heterocycles. The van der Waals surface area contributed by atoms with Gasteiger partial charge in [0, 0.05) is 43.0 Å². The van der Waals surface area contributed by atoms with E-state index in [9.17, 15) is 4.79 Å². The van der Waals surface area contributed by atoms with E-state index in [1.165, 1.54) is 0 Å². The number of nitrogens with zero attached hydrogens (tertiary/aromatic N) is 4. The number of carbonyl (C=O) groups excluding carboxylic acids is 1. The van der Waals surface area contributed by atoms with Gasteiger partial charge in [-0.3, -0.25) is 4.79 Å². The van der Waals surface area contributed by atoms with E-state index in [4.69, 9.17) is 11.6 Å². The Bertz CT molecular complexity index is 744. The van der Waals surface area contributed by atoms with Gasteiger partial charge in [-0.15, -0.1) is 0 Å². The molecule has 24 heavy (non-hydrogen) atoms. The maximum Gasteiger partial charge on any atom is 0.272 e. The second kappa shape index (κ2) is 7.15. The van der Waals surface area contributed by atoms with Crippen molar-refractivity contribution < 1.29 is 4.79 Å². The molecule has 1 aliphatic heterocycles. The molecule has 1 aromatic carbocycles. The van der Waals surface area contributed by atoms with Crippen molar-refractivity contribution in [1.29, 1.82) is 0 Å². The molecule has 1 saturated heterocycles. The Hall–Kier alpha value is -2.18.